The summed E-state index contributed by atoms with van der Waals surface area (Å²) >= 11 is 0. The molecule has 2 aromatic rings. The lowest BCUT2D eigenvalue weighted by atomic mass is 10.1. The van der Waals surface area contributed by atoms with Crippen LogP contribution in [-0.4, -0.2) is 59.8 Å². The molecule has 0 saturated carbocycles. The Balaban J connectivity index is 2.18. The van der Waals surface area contributed by atoms with Gasteiger partial charge in [-0.2, -0.15) is 0 Å². The van der Waals surface area contributed by atoms with E-state index in [-0.39, 0.29) is 11.2 Å². The fourth-order valence-corrected chi connectivity index (χ4v) is 2.28. The van der Waals surface area contributed by atoms with Gasteiger partial charge < -0.3 is 25.0 Å². The van der Waals surface area contributed by atoms with Crippen molar-refractivity contribution in [3.63, 3.8) is 0 Å². The minimum absolute atomic E-state index is 0.00594. The molecule has 1 fully saturated rings. The highest BCUT2D eigenvalue weighted by Gasteiger charge is 2.44. The highest BCUT2D eigenvalue weighted by atomic mass is 16.6. The lowest BCUT2D eigenvalue weighted by molar-refractivity contribution is -0.0530. The summed E-state index contributed by atoms with van der Waals surface area (Å²) < 4.78 is 6.18. The van der Waals surface area contributed by atoms with Crippen LogP contribution >= 0.6 is 0 Å². The first-order chi connectivity index (χ1) is 9.54. The Morgan fingerprint density at radius 1 is 1.35 bits per heavy atom. The van der Waals surface area contributed by atoms with Gasteiger partial charge in [-0.25, -0.2) is 14.3 Å². The molecule has 0 spiro atoms. The maximum absolute atomic E-state index is 11.9. The Bertz CT molecular complexity index is 748. The third-order valence-electron chi connectivity index (χ3n) is 3.29. The highest BCUT2D eigenvalue weighted by molar-refractivity contribution is 5.68. The van der Waals surface area contributed by atoms with E-state index < -0.39 is 42.4 Å². The number of hydrogen-bond donors (Lipinski definition) is 5. The average molecular weight is 284 g/mol. The molecule has 5 N–H and O–H groups in total. The van der Waals surface area contributed by atoms with E-state index >= 15 is 0 Å². The number of ether oxygens (including phenoxy) is 1. The van der Waals surface area contributed by atoms with E-state index in [9.17, 15) is 19.8 Å². The molecule has 0 aliphatic carbocycles. The van der Waals surface area contributed by atoms with Crippen molar-refractivity contribution in [3.8, 4) is 0 Å². The molecule has 108 valence electrons. The second-order valence-electron chi connectivity index (χ2n) is 4.46. The largest absolute Gasteiger partial charge is 0.394 e. The van der Waals surface area contributed by atoms with Crippen molar-refractivity contribution in [2.45, 2.75) is 24.5 Å². The Morgan fingerprint density at radius 3 is 2.75 bits per heavy atom. The van der Waals surface area contributed by atoms with Crippen LogP contribution in [0.5, 0.6) is 0 Å². The third kappa shape index (κ3) is 1.70. The maximum Gasteiger partial charge on any atom is 0.332 e. The van der Waals surface area contributed by atoms with Gasteiger partial charge in [-0.05, 0) is 0 Å². The average Bonchev–Trinajstić information content (AvgIpc) is 2.99. The zero-order valence-corrected chi connectivity index (χ0v) is 10.1. The molecule has 10 nitrogen and oxygen atoms in total. The number of imidazole rings is 1. The molecule has 0 aromatic carbocycles. The summed E-state index contributed by atoms with van der Waals surface area (Å²) in [4.78, 5) is 31.9. The summed E-state index contributed by atoms with van der Waals surface area (Å²) in [6.07, 6.45) is -3.84. The molecule has 4 atom stereocenters. The number of aromatic nitrogens is 4. The van der Waals surface area contributed by atoms with Crippen molar-refractivity contribution in [1.29, 1.82) is 0 Å². The predicted octanol–water partition coefficient (Wildman–Crippen LogP) is -2.98. The molecular weight excluding hydrogens is 272 g/mol. The highest BCUT2D eigenvalue weighted by Crippen LogP contribution is 2.29. The monoisotopic (exact) mass is 284 g/mol. The minimum Gasteiger partial charge on any atom is -0.394 e. The van der Waals surface area contributed by atoms with E-state index in [0.29, 0.717) is 0 Å². The molecule has 1 saturated heterocycles. The fourth-order valence-electron chi connectivity index (χ4n) is 2.28. The van der Waals surface area contributed by atoms with Crippen LogP contribution in [0, 0.1) is 0 Å². The lowest BCUT2D eigenvalue weighted by Crippen LogP contribution is -2.38. The van der Waals surface area contributed by atoms with Crippen molar-refractivity contribution >= 4 is 11.2 Å². The van der Waals surface area contributed by atoms with Gasteiger partial charge >= 0.3 is 5.69 Å². The molecule has 0 radical (unpaired) electrons. The summed E-state index contributed by atoms with van der Waals surface area (Å²) in [6, 6.07) is 0. The Morgan fingerprint density at radius 2 is 2.10 bits per heavy atom. The molecule has 1 aliphatic rings. The smallest absolute Gasteiger partial charge is 0.332 e. The van der Waals surface area contributed by atoms with Crippen LogP contribution in [0.2, 0.25) is 0 Å². The van der Waals surface area contributed by atoms with Crippen LogP contribution in [0.15, 0.2) is 15.9 Å². The van der Waals surface area contributed by atoms with E-state index in [1.807, 2.05) is 0 Å². The number of fused-ring (bicyclic) bond motifs is 1. The number of rotatable bonds is 2. The first-order valence-corrected chi connectivity index (χ1v) is 5.85. The van der Waals surface area contributed by atoms with Crippen LogP contribution in [0.1, 0.15) is 6.23 Å². The van der Waals surface area contributed by atoms with E-state index in [1.54, 1.807) is 0 Å². The normalized spacial score (nSPS) is 30.1. The summed E-state index contributed by atoms with van der Waals surface area (Å²) in [7, 11) is 0. The molecule has 10 heteroatoms. The van der Waals surface area contributed by atoms with Crippen molar-refractivity contribution < 1.29 is 20.1 Å². The van der Waals surface area contributed by atoms with Crippen LogP contribution < -0.4 is 11.2 Å². The SMILES string of the molecule is O=c1[nH]c(=O)n([C@@H]2O[C@H](CO)[C@@H](O)[C@H]2O)c2nc[nH]c12. The summed E-state index contributed by atoms with van der Waals surface area (Å²) in [5, 5.41) is 28.7. The van der Waals surface area contributed by atoms with Crippen LogP contribution in [-0.2, 0) is 4.74 Å². The number of hydrogen-bond acceptors (Lipinski definition) is 7. The van der Waals surface area contributed by atoms with Crippen molar-refractivity contribution in [2.75, 3.05) is 6.61 Å². The number of nitrogens with zero attached hydrogens (tertiary/aromatic N) is 2. The Hall–Kier alpha value is -2.01. The molecule has 1 aliphatic heterocycles. The van der Waals surface area contributed by atoms with E-state index in [1.165, 1.54) is 6.33 Å². The van der Waals surface area contributed by atoms with E-state index in [0.717, 1.165) is 4.57 Å². The maximum atomic E-state index is 11.9. The van der Waals surface area contributed by atoms with Crippen molar-refractivity contribution in [1.82, 2.24) is 19.5 Å². The van der Waals surface area contributed by atoms with Crippen molar-refractivity contribution in [2.24, 2.45) is 0 Å². The second kappa shape index (κ2) is 4.52. The molecular formula is C10H12N4O6. The van der Waals surface area contributed by atoms with E-state index in [2.05, 4.69) is 15.0 Å². The van der Waals surface area contributed by atoms with E-state index in [4.69, 9.17) is 9.84 Å². The quantitative estimate of drug-likeness (QED) is 0.394. The minimum atomic E-state index is -1.43. The molecule has 0 amide bonds. The number of H-pyrrole nitrogens is 2. The predicted molar refractivity (Wildman–Crippen MR) is 64.0 cm³/mol. The Kier molecular flexibility index (Phi) is 2.94. The summed E-state index contributed by atoms with van der Waals surface area (Å²) in [6.45, 7) is -0.517. The second-order valence-corrected chi connectivity index (χ2v) is 4.46. The molecule has 3 heterocycles. The van der Waals surface area contributed by atoms with Crippen LogP contribution in [0.3, 0.4) is 0 Å². The number of aliphatic hydroxyl groups is 3. The zero-order valence-electron chi connectivity index (χ0n) is 10.1. The van der Waals surface area contributed by atoms with Crippen LogP contribution in [0.25, 0.3) is 11.2 Å². The van der Waals surface area contributed by atoms with Gasteiger partial charge in [0, 0.05) is 0 Å². The number of nitrogens with one attached hydrogen (secondary N) is 2. The topological polar surface area (TPSA) is 153 Å². The van der Waals surface area contributed by atoms with Gasteiger partial charge in [-0.15, -0.1) is 0 Å². The number of aliphatic hydroxyl groups excluding tert-OH is 3. The molecule has 2 aromatic heterocycles. The number of aromatic amines is 2. The third-order valence-corrected chi connectivity index (χ3v) is 3.29. The molecule has 0 bridgehead atoms. The standard InChI is InChI=1S/C10H12N4O6/c15-1-3-5(16)6(17)9(20-3)14-7-4(11-2-12-7)8(18)13-10(14)19/h2-3,5-6,9,15-17H,1H2,(H,11,12)(H,13,18,19)/t3-,5-,6-,9-/m1/s1. The van der Waals surface area contributed by atoms with Crippen molar-refractivity contribution in [3.05, 3.63) is 27.2 Å². The van der Waals surface area contributed by atoms with Gasteiger partial charge in [0.1, 0.15) is 23.8 Å². The molecule has 3 rings (SSSR count). The first kappa shape index (κ1) is 13.0. The fraction of sp³-hybridized carbons (Fsp3) is 0.500. The molecule has 0 unspecified atom stereocenters. The van der Waals surface area contributed by atoms with Gasteiger partial charge in [0.05, 0.1) is 12.9 Å². The lowest BCUT2D eigenvalue weighted by Gasteiger charge is -2.17. The van der Waals surface area contributed by atoms with Crippen LogP contribution in [0.4, 0.5) is 0 Å². The Labute approximate surface area is 110 Å². The van der Waals surface area contributed by atoms with Gasteiger partial charge in [0.25, 0.3) is 5.56 Å². The first-order valence-electron chi connectivity index (χ1n) is 5.85. The van der Waals surface area contributed by atoms with Gasteiger partial charge in [-0.1, -0.05) is 0 Å². The summed E-state index contributed by atoms with van der Waals surface area (Å²) in [5.74, 6) is 0. The zero-order chi connectivity index (χ0) is 14.4. The van der Waals surface area contributed by atoms with Gasteiger partial charge in [0.2, 0.25) is 0 Å². The van der Waals surface area contributed by atoms with Gasteiger partial charge in [0.15, 0.2) is 11.9 Å². The summed E-state index contributed by atoms with van der Waals surface area (Å²) in [5.41, 5.74) is -1.44. The molecule has 20 heavy (non-hydrogen) atoms. The van der Waals surface area contributed by atoms with Gasteiger partial charge in [-0.3, -0.25) is 9.78 Å².